The van der Waals surface area contributed by atoms with Crippen LogP contribution in [0.2, 0.25) is 0 Å². The number of nitrogens with zero attached hydrogens (tertiary/aromatic N) is 4. The number of ether oxygens (including phenoxy) is 1. The summed E-state index contributed by atoms with van der Waals surface area (Å²) < 4.78 is 6.61. The second kappa shape index (κ2) is 8.21. The van der Waals surface area contributed by atoms with E-state index in [0.29, 0.717) is 16.4 Å². The molecule has 0 saturated carbocycles. The summed E-state index contributed by atoms with van der Waals surface area (Å²) in [4.78, 5) is 23.1. The Morgan fingerprint density at radius 3 is 2.93 bits per heavy atom. The zero-order valence-electron chi connectivity index (χ0n) is 14.9. The first kappa shape index (κ1) is 18.8. The molecule has 142 valence electrons. The monoisotopic (exact) mass is 429 g/mol. The Morgan fingerprint density at radius 2 is 2.18 bits per heavy atom. The molecule has 0 aliphatic rings. The summed E-state index contributed by atoms with van der Waals surface area (Å²) in [7, 11) is 0. The number of anilines is 1. The van der Waals surface area contributed by atoms with Crippen molar-refractivity contribution in [3.05, 3.63) is 47.6 Å². The van der Waals surface area contributed by atoms with Crippen LogP contribution >= 0.6 is 34.4 Å². The Hall–Kier alpha value is -2.56. The predicted molar refractivity (Wildman–Crippen MR) is 112 cm³/mol. The average Bonchev–Trinajstić information content (AvgIpc) is 3.29. The van der Waals surface area contributed by atoms with Gasteiger partial charge in [-0.25, -0.2) is 9.97 Å². The summed E-state index contributed by atoms with van der Waals surface area (Å²) in [6, 6.07) is 9.11. The molecule has 0 fully saturated rings. The van der Waals surface area contributed by atoms with Crippen LogP contribution in [0.5, 0.6) is 5.75 Å². The zero-order chi connectivity index (χ0) is 19.5. The topological polar surface area (TPSA) is 89.9 Å². The van der Waals surface area contributed by atoms with Gasteiger partial charge in [0, 0.05) is 16.7 Å². The van der Waals surface area contributed by atoms with Gasteiger partial charge >= 0.3 is 0 Å². The fourth-order valence-electron chi connectivity index (χ4n) is 2.40. The van der Waals surface area contributed by atoms with Crippen molar-refractivity contribution in [3.63, 3.8) is 0 Å². The molecule has 0 bridgehead atoms. The van der Waals surface area contributed by atoms with Crippen molar-refractivity contribution >= 4 is 55.8 Å². The van der Waals surface area contributed by atoms with Crippen molar-refractivity contribution in [1.82, 2.24) is 20.2 Å². The number of hydrogen-bond donors (Lipinski definition) is 1. The van der Waals surface area contributed by atoms with Gasteiger partial charge in [-0.3, -0.25) is 10.1 Å². The van der Waals surface area contributed by atoms with Crippen molar-refractivity contribution in [2.24, 2.45) is 0 Å². The number of rotatable bonds is 6. The number of pyridine rings is 1. The van der Waals surface area contributed by atoms with Crippen LogP contribution in [0.15, 0.2) is 51.3 Å². The van der Waals surface area contributed by atoms with Gasteiger partial charge in [-0.1, -0.05) is 34.4 Å². The lowest BCUT2D eigenvalue weighted by Crippen LogP contribution is -2.13. The largest absolute Gasteiger partial charge is 0.491 e. The molecule has 0 atom stereocenters. The third kappa shape index (κ3) is 4.46. The molecule has 0 saturated heterocycles. The minimum absolute atomic E-state index is 0.00646. The molecule has 0 aliphatic carbocycles. The van der Waals surface area contributed by atoms with Gasteiger partial charge in [0.1, 0.15) is 21.6 Å². The number of benzene rings is 1. The van der Waals surface area contributed by atoms with E-state index in [1.165, 1.54) is 34.4 Å². The van der Waals surface area contributed by atoms with Crippen LogP contribution in [0.3, 0.4) is 0 Å². The highest BCUT2D eigenvalue weighted by Gasteiger charge is 2.14. The average molecular weight is 430 g/mol. The number of thiazole rings is 1. The van der Waals surface area contributed by atoms with Crippen LogP contribution in [0.25, 0.3) is 10.3 Å². The second-order valence-corrected chi connectivity index (χ2v) is 9.10. The van der Waals surface area contributed by atoms with Crippen molar-refractivity contribution in [3.8, 4) is 5.75 Å². The van der Waals surface area contributed by atoms with Crippen LogP contribution in [0.1, 0.15) is 24.2 Å². The first-order valence-corrected chi connectivity index (χ1v) is 10.9. The van der Waals surface area contributed by atoms with Gasteiger partial charge in [-0.15, -0.1) is 10.2 Å². The summed E-state index contributed by atoms with van der Waals surface area (Å²) in [6.45, 7) is 3.89. The summed E-state index contributed by atoms with van der Waals surface area (Å²) >= 11 is 4.22. The van der Waals surface area contributed by atoms with Crippen LogP contribution in [-0.4, -0.2) is 32.2 Å². The third-order valence-electron chi connectivity index (χ3n) is 3.45. The molecule has 0 spiro atoms. The Morgan fingerprint density at radius 1 is 1.29 bits per heavy atom. The maximum atomic E-state index is 12.8. The molecule has 4 aromatic rings. The Kier molecular flexibility index (Phi) is 5.51. The van der Waals surface area contributed by atoms with Crippen molar-refractivity contribution in [2.45, 2.75) is 29.2 Å². The maximum absolute atomic E-state index is 12.8. The number of hydrogen-bond acceptors (Lipinski definition) is 9. The maximum Gasteiger partial charge on any atom is 0.257 e. The highest BCUT2D eigenvalue weighted by molar-refractivity contribution is 8.01. The van der Waals surface area contributed by atoms with E-state index < -0.39 is 0 Å². The molecule has 1 N–H and O–H groups in total. The van der Waals surface area contributed by atoms with Crippen molar-refractivity contribution < 1.29 is 9.53 Å². The van der Waals surface area contributed by atoms with Gasteiger partial charge in [-0.05, 0) is 44.2 Å². The van der Waals surface area contributed by atoms with E-state index in [9.17, 15) is 4.79 Å². The summed E-state index contributed by atoms with van der Waals surface area (Å²) in [5.41, 5.74) is 2.91. The Labute approximate surface area is 173 Å². The zero-order valence-corrected chi connectivity index (χ0v) is 17.4. The SMILES string of the molecule is CC(C)Oc1cc(Sc2nncs2)cc(C(=O)Nc2nc3cccnc3s2)c1. The molecule has 0 radical (unpaired) electrons. The predicted octanol–water partition coefficient (Wildman–Crippen LogP) is 4.73. The van der Waals surface area contributed by atoms with E-state index in [1.54, 1.807) is 23.8 Å². The van der Waals surface area contributed by atoms with Crippen molar-refractivity contribution in [2.75, 3.05) is 5.32 Å². The quantitative estimate of drug-likeness (QED) is 0.474. The lowest BCUT2D eigenvalue weighted by molar-refractivity contribution is 0.102. The van der Waals surface area contributed by atoms with E-state index in [0.717, 1.165) is 19.6 Å². The molecule has 7 nitrogen and oxygen atoms in total. The van der Waals surface area contributed by atoms with E-state index >= 15 is 0 Å². The molecule has 10 heteroatoms. The molecule has 28 heavy (non-hydrogen) atoms. The summed E-state index contributed by atoms with van der Waals surface area (Å²) in [5.74, 6) is 0.369. The number of carbonyl (C=O) groups is 1. The number of fused-ring (bicyclic) bond motifs is 1. The van der Waals surface area contributed by atoms with Gasteiger partial charge < -0.3 is 4.74 Å². The lowest BCUT2D eigenvalue weighted by Gasteiger charge is -2.12. The third-order valence-corrected chi connectivity index (χ3v) is 6.09. The second-order valence-electron chi connectivity index (χ2n) is 5.97. The Bertz CT molecular complexity index is 1080. The van der Waals surface area contributed by atoms with E-state index in [1.807, 2.05) is 32.0 Å². The van der Waals surface area contributed by atoms with E-state index in [-0.39, 0.29) is 12.0 Å². The van der Waals surface area contributed by atoms with E-state index in [4.69, 9.17) is 4.74 Å². The fraction of sp³-hybridized carbons (Fsp3) is 0.167. The smallest absolute Gasteiger partial charge is 0.257 e. The molecule has 1 amide bonds. The standard InChI is InChI=1S/C18H15N5O2S3/c1-10(2)25-12-6-11(7-13(8-12)27-18-23-20-9-26-18)15(24)22-17-21-14-4-3-5-19-16(14)28-17/h3-10H,1-2H3,(H,21,22,24). The van der Waals surface area contributed by atoms with Crippen molar-refractivity contribution in [1.29, 1.82) is 0 Å². The number of aromatic nitrogens is 4. The molecule has 0 unspecified atom stereocenters. The normalized spacial score (nSPS) is 11.1. The van der Waals surface area contributed by atoms with Gasteiger partial charge in [0.15, 0.2) is 9.47 Å². The molecular formula is C18H15N5O2S3. The highest BCUT2D eigenvalue weighted by atomic mass is 32.2. The molecule has 3 heterocycles. The minimum Gasteiger partial charge on any atom is -0.491 e. The van der Waals surface area contributed by atoms with Crippen LogP contribution < -0.4 is 10.1 Å². The fourth-order valence-corrected chi connectivity index (χ4v) is 4.75. The molecule has 4 rings (SSSR count). The van der Waals surface area contributed by atoms with Crippen LogP contribution in [0, 0.1) is 0 Å². The Balaban J connectivity index is 1.61. The molecule has 1 aromatic carbocycles. The van der Waals surface area contributed by atoms with Crippen LogP contribution in [-0.2, 0) is 0 Å². The van der Waals surface area contributed by atoms with Gasteiger partial charge in [-0.2, -0.15) is 0 Å². The lowest BCUT2D eigenvalue weighted by atomic mass is 10.2. The summed E-state index contributed by atoms with van der Waals surface area (Å²) in [6.07, 6.45) is 1.70. The molecular weight excluding hydrogens is 414 g/mol. The van der Waals surface area contributed by atoms with Crippen LogP contribution in [0.4, 0.5) is 5.13 Å². The molecule has 0 aliphatic heterocycles. The van der Waals surface area contributed by atoms with Gasteiger partial charge in [0.2, 0.25) is 0 Å². The van der Waals surface area contributed by atoms with Gasteiger partial charge in [0.05, 0.1) is 6.10 Å². The first-order chi connectivity index (χ1) is 13.6. The minimum atomic E-state index is -0.257. The summed E-state index contributed by atoms with van der Waals surface area (Å²) in [5, 5.41) is 11.3. The first-order valence-electron chi connectivity index (χ1n) is 8.35. The number of amides is 1. The number of nitrogens with one attached hydrogen (secondary N) is 1. The molecule has 3 aromatic heterocycles. The highest BCUT2D eigenvalue weighted by Crippen LogP contribution is 2.33. The van der Waals surface area contributed by atoms with E-state index in [2.05, 4.69) is 25.5 Å². The number of carbonyl (C=O) groups excluding carboxylic acids is 1. The van der Waals surface area contributed by atoms with Gasteiger partial charge in [0.25, 0.3) is 5.91 Å².